The molecule has 0 amide bonds. The van der Waals surface area contributed by atoms with Crippen molar-refractivity contribution in [3.8, 4) is 0 Å². The van der Waals surface area contributed by atoms with Gasteiger partial charge >= 0.3 is 0 Å². The molecule has 0 spiro atoms. The van der Waals surface area contributed by atoms with Crippen LogP contribution in [0.4, 0.5) is 5.82 Å². The smallest absolute Gasteiger partial charge is 0.151 e. The highest BCUT2D eigenvalue weighted by Gasteiger charge is 2.27. The van der Waals surface area contributed by atoms with E-state index < -0.39 is 0 Å². The highest BCUT2D eigenvalue weighted by molar-refractivity contribution is 5.39. The van der Waals surface area contributed by atoms with Crippen LogP contribution in [0.5, 0.6) is 0 Å². The highest BCUT2D eigenvalue weighted by atomic mass is 15.3. The lowest BCUT2D eigenvalue weighted by atomic mass is 10.1. The van der Waals surface area contributed by atoms with Crippen molar-refractivity contribution in [2.45, 2.75) is 13.0 Å². The van der Waals surface area contributed by atoms with Gasteiger partial charge in [-0.05, 0) is 18.6 Å². The molecule has 0 aliphatic carbocycles. The van der Waals surface area contributed by atoms with Gasteiger partial charge in [0.2, 0.25) is 0 Å². The molecule has 0 aromatic carbocycles. The van der Waals surface area contributed by atoms with Gasteiger partial charge in [-0.2, -0.15) is 5.10 Å². The first kappa shape index (κ1) is 10.9. The number of aryl methyl sites for hydroxylation is 1. The summed E-state index contributed by atoms with van der Waals surface area (Å²) in [6.07, 6.45) is 1.81. The molecule has 2 aliphatic rings. The number of aromatic nitrogens is 2. The summed E-state index contributed by atoms with van der Waals surface area (Å²) >= 11 is 0. The molecule has 2 fully saturated rings. The fourth-order valence-corrected chi connectivity index (χ4v) is 2.45. The minimum Gasteiger partial charge on any atom is -0.353 e. The molecule has 3 rings (SSSR count). The van der Waals surface area contributed by atoms with Crippen LogP contribution in [-0.2, 0) is 0 Å². The van der Waals surface area contributed by atoms with Crippen LogP contribution in [0.25, 0.3) is 0 Å². The Morgan fingerprint density at radius 3 is 2.59 bits per heavy atom. The van der Waals surface area contributed by atoms with Gasteiger partial charge in [0.15, 0.2) is 5.82 Å². The van der Waals surface area contributed by atoms with E-state index in [0.717, 1.165) is 51.1 Å². The number of hydrogen-bond acceptors (Lipinski definition) is 5. The van der Waals surface area contributed by atoms with Crippen molar-refractivity contribution >= 4 is 5.82 Å². The molecule has 3 heterocycles. The van der Waals surface area contributed by atoms with E-state index >= 15 is 0 Å². The predicted octanol–water partition coefficient (Wildman–Crippen LogP) is -0.121. The predicted molar refractivity (Wildman–Crippen MR) is 67.2 cm³/mol. The number of nitrogens with one attached hydrogen (secondary N) is 1. The first-order valence-electron chi connectivity index (χ1n) is 6.32. The SMILES string of the molecule is Cc1cnnc(N2CCN(C3CNC3)CC2)c1. The number of hydrogen-bond donors (Lipinski definition) is 1. The van der Waals surface area contributed by atoms with Gasteiger partial charge in [-0.15, -0.1) is 5.10 Å². The molecule has 1 N–H and O–H groups in total. The van der Waals surface area contributed by atoms with E-state index in [9.17, 15) is 0 Å². The standard InChI is InChI=1S/C12H19N5/c1-10-6-12(15-14-7-10)17-4-2-16(3-5-17)11-8-13-9-11/h6-7,11,13H,2-5,8-9H2,1H3. The van der Waals surface area contributed by atoms with E-state index in [4.69, 9.17) is 0 Å². The molecular weight excluding hydrogens is 214 g/mol. The Labute approximate surface area is 102 Å². The van der Waals surface area contributed by atoms with E-state index in [1.165, 1.54) is 5.56 Å². The van der Waals surface area contributed by atoms with Gasteiger partial charge in [0, 0.05) is 45.3 Å². The summed E-state index contributed by atoms with van der Waals surface area (Å²) in [7, 11) is 0. The Bertz CT molecular complexity index is 382. The Morgan fingerprint density at radius 2 is 2.00 bits per heavy atom. The number of anilines is 1. The van der Waals surface area contributed by atoms with Crippen molar-refractivity contribution in [3.63, 3.8) is 0 Å². The Kier molecular flexibility index (Phi) is 2.94. The van der Waals surface area contributed by atoms with Crippen LogP contribution >= 0.6 is 0 Å². The summed E-state index contributed by atoms with van der Waals surface area (Å²) in [4.78, 5) is 4.92. The van der Waals surface area contributed by atoms with Gasteiger partial charge in [-0.1, -0.05) is 0 Å². The molecule has 0 saturated carbocycles. The first-order valence-corrected chi connectivity index (χ1v) is 6.32. The van der Waals surface area contributed by atoms with Crippen LogP contribution in [0, 0.1) is 6.92 Å². The fraction of sp³-hybridized carbons (Fsp3) is 0.667. The average Bonchev–Trinajstić information content (AvgIpc) is 2.28. The Balaban J connectivity index is 1.60. The van der Waals surface area contributed by atoms with E-state index in [-0.39, 0.29) is 0 Å². The minimum absolute atomic E-state index is 0.765. The molecule has 0 bridgehead atoms. The molecule has 17 heavy (non-hydrogen) atoms. The molecular formula is C12H19N5. The highest BCUT2D eigenvalue weighted by Crippen LogP contribution is 2.15. The largest absolute Gasteiger partial charge is 0.353 e. The van der Waals surface area contributed by atoms with Crippen LogP contribution < -0.4 is 10.2 Å². The van der Waals surface area contributed by atoms with Crippen molar-refractivity contribution < 1.29 is 0 Å². The molecule has 1 aromatic heterocycles. The summed E-state index contributed by atoms with van der Waals surface area (Å²) in [6, 6.07) is 2.88. The van der Waals surface area contributed by atoms with Crippen molar-refractivity contribution in [2.75, 3.05) is 44.2 Å². The van der Waals surface area contributed by atoms with Crippen LogP contribution in [0.15, 0.2) is 12.3 Å². The summed E-state index contributed by atoms with van der Waals surface area (Å²) < 4.78 is 0. The van der Waals surface area contributed by atoms with E-state index in [0.29, 0.717) is 0 Å². The molecule has 5 nitrogen and oxygen atoms in total. The molecule has 2 saturated heterocycles. The quantitative estimate of drug-likeness (QED) is 0.771. The maximum atomic E-state index is 4.21. The lowest BCUT2D eigenvalue weighted by Crippen LogP contribution is -2.61. The van der Waals surface area contributed by atoms with E-state index in [2.05, 4.69) is 38.3 Å². The van der Waals surface area contributed by atoms with Crippen molar-refractivity contribution in [1.29, 1.82) is 0 Å². The summed E-state index contributed by atoms with van der Waals surface area (Å²) in [5.41, 5.74) is 1.18. The van der Waals surface area contributed by atoms with E-state index in [1.54, 1.807) is 6.20 Å². The molecule has 0 radical (unpaired) electrons. The van der Waals surface area contributed by atoms with Crippen LogP contribution in [-0.4, -0.2) is 60.4 Å². The topological polar surface area (TPSA) is 44.3 Å². The van der Waals surface area contributed by atoms with Crippen LogP contribution in [0.3, 0.4) is 0 Å². The molecule has 1 aromatic rings. The number of piperazine rings is 1. The zero-order valence-electron chi connectivity index (χ0n) is 10.3. The lowest BCUT2D eigenvalue weighted by Gasteiger charge is -2.43. The maximum Gasteiger partial charge on any atom is 0.151 e. The second-order valence-electron chi connectivity index (χ2n) is 4.93. The number of rotatable bonds is 2. The summed E-state index contributed by atoms with van der Waals surface area (Å²) in [6.45, 7) is 8.79. The van der Waals surface area contributed by atoms with Crippen molar-refractivity contribution in [2.24, 2.45) is 0 Å². The third-order valence-electron chi connectivity index (χ3n) is 3.69. The number of nitrogens with zero attached hydrogens (tertiary/aromatic N) is 4. The third-order valence-corrected chi connectivity index (χ3v) is 3.69. The second kappa shape index (κ2) is 4.58. The van der Waals surface area contributed by atoms with Gasteiger partial charge in [0.1, 0.15) is 0 Å². The lowest BCUT2D eigenvalue weighted by molar-refractivity contribution is 0.137. The minimum atomic E-state index is 0.765. The Morgan fingerprint density at radius 1 is 1.24 bits per heavy atom. The monoisotopic (exact) mass is 233 g/mol. The zero-order chi connectivity index (χ0) is 11.7. The second-order valence-corrected chi connectivity index (χ2v) is 4.93. The molecule has 92 valence electrons. The normalized spacial score (nSPS) is 22.5. The van der Waals surface area contributed by atoms with Crippen LogP contribution in [0.1, 0.15) is 5.56 Å². The van der Waals surface area contributed by atoms with Gasteiger partial charge in [-0.3, -0.25) is 4.90 Å². The summed E-state index contributed by atoms with van der Waals surface area (Å²) in [5, 5.41) is 11.6. The molecule has 2 aliphatic heterocycles. The third kappa shape index (κ3) is 2.25. The van der Waals surface area contributed by atoms with E-state index in [1.807, 2.05) is 0 Å². The first-order chi connectivity index (χ1) is 8.33. The summed E-state index contributed by atoms with van der Waals surface area (Å²) in [5.74, 6) is 1.02. The molecule has 5 heteroatoms. The van der Waals surface area contributed by atoms with Crippen molar-refractivity contribution in [3.05, 3.63) is 17.8 Å². The molecule has 0 unspecified atom stereocenters. The fourth-order valence-electron chi connectivity index (χ4n) is 2.45. The van der Waals surface area contributed by atoms with Crippen molar-refractivity contribution in [1.82, 2.24) is 20.4 Å². The maximum absolute atomic E-state index is 4.21. The molecule has 0 atom stereocenters. The van der Waals surface area contributed by atoms with Gasteiger partial charge in [-0.25, -0.2) is 0 Å². The Hall–Kier alpha value is -1.20. The van der Waals surface area contributed by atoms with Crippen LogP contribution in [0.2, 0.25) is 0 Å². The zero-order valence-corrected chi connectivity index (χ0v) is 10.3. The average molecular weight is 233 g/mol. The van der Waals surface area contributed by atoms with Gasteiger partial charge in [0.05, 0.1) is 6.20 Å². The van der Waals surface area contributed by atoms with Gasteiger partial charge in [0.25, 0.3) is 0 Å². The van der Waals surface area contributed by atoms with Gasteiger partial charge < -0.3 is 10.2 Å².